The van der Waals surface area contributed by atoms with E-state index in [0.29, 0.717) is 37.3 Å². The van der Waals surface area contributed by atoms with Crippen LogP contribution in [0.1, 0.15) is 76.6 Å². The molecule has 2 heterocycles. The first kappa shape index (κ1) is 13.8. The lowest BCUT2D eigenvalue weighted by Gasteiger charge is -2.75. The summed E-state index contributed by atoms with van der Waals surface area (Å²) < 4.78 is 94.3. The summed E-state index contributed by atoms with van der Waals surface area (Å²) in [7, 11) is 2.96. The molecular weight excluding hydrogens is 416 g/mol. The zero-order chi connectivity index (χ0) is 31.1. The molecule has 1 N–H and O–H groups in total. The molecule has 0 amide bonds. The molecule has 1 saturated heterocycles. The van der Waals surface area contributed by atoms with E-state index in [2.05, 4.69) is 6.19 Å². The summed E-state index contributed by atoms with van der Waals surface area (Å²) in [5.41, 5.74) is -7.29. The van der Waals surface area contributed by atoms with Gasteiger partial charge in [-0.2, -0.15) is 5.26 Å². The third kappa shape index (κ3) is 2.10. The zero-order valence-electron chi connectivity index (χ0n) is 28.2. The third-order valence-electron chi connectivity index (χ3n) is 10.1. The number of fused-ring (bicyclic) bond motifs is 2. The molecule has 4 fully saturated rings. The van der Waals surface area contributed by atoms with E-state index in [1.807, 2.05) is 12.1 Å². The number of aliphatic hydroxyl groups is 1. The first-order valence-corrected chi connectivity index (χ1v) is 11.6. The summed E-state index contributed by atoms with van der Waals surface area (Å²) in [4.78, 5) is 1.73. The highest BCUT2D eigenvalue weighted by Gasteiger charge is 2.82. The molecule has 0 aromatic heterocycles. The first-order chi connectivity index (χ1) is 19.3. The Bertz CT molecular complexity index is 1330. The molecule has 33 heavy (non-hydrogen) atoms. The standard InChI is InChI=1S/C27H36N2O4/c1-23(2,3)24(4,30)18-14-25-9-10-27(18,32-6)22-26(25)11-12-29(15-28)19(25)13-16-7-8-17(31-5)21(33-22)20(16)26/h7-8,18-19,22,30H,9-14H2,1-6H3/t18-,19-,22-,24?,25-,26+,27-/m1/s1/i1D3,2D3,3D3. The molecule has 2 spiro atoms. The monoisotopic (exact) mass is 461 g/mol. The minimum Gasteiger partial charge on any atom is -0.493 e. The zero-order valence-corrected chi connectivity index (χ0v) is 19.2. The predicted octanol–water partition coefficient (Wildman–Crippen LogP) is 3.79. The molecular formula is C27H36N2O4. The van der Waals surface area contributed by atoms with Crippen LogP contribution in [0, 0.1) is 28.2 Å². The topological polar surface area (TPSA) is 75.0 Å². The van der Waals surface area contributed by atoms with E-state index < -0.39 is 60.0 Å². The average Bonchev–Trinajstić information content (AvgIpc) is 3.23. The summed E-state index contributed by atoms with van der Waals surface area (Å²) in [6.07, 6.45) is 3.35. The molecule has 4 aliphatic carbocycles. The van der Waals surface area contributed by atoms with Crippen LogP contribution in [0.2, 0.25) is 0 Å². The van der Waals surface area contributed by atoms with Crippen LogP contribution in [-0.2, 0) is 16.6 Å². The van der Waals surface area contributed by atoms with Gasteiger partial charge in [0.15, 0.2) is 17.7 Å². The summed E-state index contributed by atoms with van der Waals surface area (Å²) in [6.45, 7) is -9.37. The van der Waals surface area contributed by atoms with Gasteiger partial charge in [0, 0.05) is 54.3 Å². The van der Waals surface area contributed by atoms with Gasteiger partial charge < -0.3 is 24.2 Å². The molecule has 0 radical (unpaired) electrons. The van der Waals surface area contributed by atoms with Crippen molar-refractivity contribution < 1.29 is 31.7 Å². The Balaban J connectivity index is 1.67. The van der Waals surface area contributed by atoms with E-state index in [4.69, 9.17) is 26.5 Å². The Morgan fingerprint density at radius 2 is 2.06 bits per heavy atom. The number of piperidine rings is 1. The molecule has 4 bridgehead atoms. The minimum absolute atomic E-state index is 0.0522. The number of hydrogen-bond donors (Lipinski definition) is 1. The minimum atomic E-state index is -3.62. The molecule has 1 aromatic carbocycles. The van der Waals surface area contributed by atoms with E-state index in [0.717, 1.165) is 18.1 Å². The highest BCUT2D eigenvalue weighted by atomic mass is 16.6. The molecule has 2 aliphatic heterocycles. The van der Waals surface area contributed by atoms with Gasteiger partial charge >= 0.3 is 0 Å². The van der Waals surface area contributed by atoms with Crippen LogP contribution in [0.15, 0.2) is 12.1 Å². The number of methoxy groups -OCH3 is 2. The van der Waals surface area contributed by atoms with Crippen LogP contribution >= 0.6 is 0 Å². The van der Waals surface area contributed by atoms with Crippen LogP contribution in [0.4, 0.5) is 0 Å². The van der Waals surface area contributed by atoms with Crippen molar-refractivity contribution in [3.8, 4) is 17.7 Å². The summed E-state index contributed by atoms with van der Waals surface area (Å²) in [5, 5.41) is 22.8. The normalized spacial score (nSPS) is 46.8. The highest BCUT2D eigenvalue weighted by molar-refractivity contribution is 5.63. The second kappa shape index (κ2) is 6.17. The number of nitriles is 1. The smallest absolute Gasteiger partial charge is 0.179 e. The van der Waals surface area contributed by atoms with Crippen molar-refractivity contribution in [3.63, 3.8) is 0 Å². The van der Waals surface area contributed by atoms with Gasteiger partial charge in [-0.25, -0.2) is 0 Å². The van der Waals surface area contributed by atoms with Crippen LogP contribution < -0.4 is 9.47 Å². The van der Waals surface area contributed by atoms with Crippen molar-refractivity contribution in [2.45, 2.75) is 88.3 Å². The van der Waals surface area contributed by atoms with Gasteiger partial charge in [-0.15, -0.1) is 0 Å². The summed E-state index contributed by atoms with van der Waals surface area (Å²) >= 11 is 0. The predicted molar refractivity (Wildman–Crippen MR) is 123 cm³/mol. The maximum absolute atomic E-state index is 12.6. The number of likely N-dealkylation sites (tertiary alicyclic amines) is 1. The molecule has 1 unspecified atom stereocenters. The fourth-order valence-electron chi connectivity index (χ4n) is 8.65. The first-order valence-electron chi connectivity index (χ1n) is 16.1. The van der Waals surface area contributed by atoms with E-state index in [1.54, 1.807) is 4.90 Å². The van der Waals surface area contributed by atoms with Gasteiger partial charge in [0.2, 0.25) is 0 Å². The van der Waals surface area contributed by atoms with Gasteiger partial charge in [-0.1, -0.05) is 26.6 Å². The molecule has 7 rings (SSSR count). The molecule has 7 atom stereocenters. The maximum Gasteiger partial charge on any atom is 0.179 e. The molecule has 178 valence electrons. The lowest BCUT2D eigenvalue weighted by Crippen LogP contribution is -2.83. The van der Waals surface area contributed by atoms with Crippen LogP contribution in [0.3, 0.4) is 0 Å². The number of hydrogen-bond acceptors (Lipinski definition) is 6. The number of nitrogens with zero attached hydrogens (tertiary/aromatic N) is 2. The second-order valence-electron chi connectivity index (χ2n) is 10.8. The van der Waals surface area contributed by atoms with Crippen molar-refractivity contribution in [1.29, 1.82) is 5.26 Å². The van der Waals surface area contributed by atoms with E-state index in [9.17, 15) is 10.4 Å². The lowest BCUT2D eigenvalue weighted by atomic mass is 9.33. The van der Waals surface area contributed by atoms with E-state index in [-0.39, 0.29) is 18.9 Å². The number of ether oxygens (including phenoxy) is 3. The molecule has 6 aliphatic rings. The fourth-order valence-corrected chi connectivity index (χ4v) is 8.65. The molecule has 1 aromatic rings. The van der Waals surface area contributed by atoms with Crippen molar-refractivity contribution in [1.82, 2.24) is 4.90 Å². The van der Waals surface area contributed by atoms with Crippen molar-refractivity contribution in [2.75, 3.05) is 20.8 Å². The SMILES string of the molecule is [2H]C([2H])([2H])C(C([2H])([2H])[2H])(C([2H])([2H])[2H])C(C)(O)[C@H]1C[C@@]23CC[C@]1(OC)[C@@H]1Oc4c(OC)ccc5c4[C@@]12CCN(C#N)[C@@H]3C5. The largest absolute Gasteiger partial charge is 0.493 e. The summed E-state index contributed by atoms with van der Waals surface area (Å²) in [5.74, 6) is -0.249. The second-order valence-corrected chi connectivity index (χ2v) is 10.8. The molecule has 6 nitrogen and oxygen atoms in total. The van der Waals surface area contributed by atoms with E-state index >= 15 is 0 Å². The Hall–Kier alpha value is -1.97. The van der Waals surface area contributed by atoms with E-state index in [1.165, 1.54) is 14.2 Å². The van der Waals surface area contributed by atoms with Crippen LogP contribution in [-0.4, -0.2) is 54.1 Å². The Labute approximate surface area is 209 Å². The van der Waals surface area contributed by atoms with Gasteiger partial charge in [0.1, 0.15) is 11.7 Å². The maximum atomic E-state index is 12.6. The van der Waals surface area contributed by atoms with Gasteiger partial charge in [-0.3, -0.25) is 0 Å². The van der Waals surface area contributed by atoms with Gasteiger partial charge in [0.25, 0.3) is 0 Å². The quantitative estimate of drug-likeness (QED) is 0.691. The average molecular weight is 462 g/mol. The third-order valence-corrected chi connectivity index (χ3v) is 10.1. The number of benzene rings is 1. The van der Waals surface area contributed by atoms with Crippen molar-refractivity contribution >= 4 is 0 Å². The number of rotatable bonds is 3. The fraction of sp³-hybridized carbons (Fsp3) is 0.741. The van der Waals surface area contributed by atoms with Gasteiger partial charge in [0.05, 0.1) is 12.7 Å². The van der Waals surface area contributed by atoms with Crippen LogP contribution in [0.25, 0.3) is 0 Å². The van der Waals surface area contributed by atoms with Crippen LogP contribution in [0.5, 0.6) is 11.5 Å². The Kier molecular flexibility index (Phi) is 2.58. The van der Waals surface area contributed by atoms with Crippen molar-refractivity contribution in [3.05, 3.63) is 23.3 Å². The van der Waals surface area contributed by atoms with Crippen molar-refractivity contribution in [2.24, 2.45) is 16.7 Å². The Morgan fingerprint density at radius 1 is 1.27 bits per heavy atom. The molecule has 3 saturated carbocycles. The Morgan fingerprint density at radius 3 is 2.73 bits per heavy atom. The lowest BCUT2D eigenvalue weighted by molar-refractivity contribution is -0.309. The highest BCUT2D eigenvalue weighted by Crippen LogP contribution is 2.77. The molecule has 6 heteroatoms. The summed E-state index contributed by atoms with van der Waals surface area (Å²) in [6, 6.07) is 3.43. The van der Waals surface area contributed by atoms with Gasteiger partial charge in [-0.05, 0) is 56.1 Å².